The minimum atomic E-state index is -1.25. The number of benzene rings is 3. The Kier molecular flexibility index (Phi) is 8.85. The average molecular weight is 684 g/mol. The Morgan fingerprint density at radius 3 is 2.18 bits per heavy atom. The maximum atomic E-state index is 15.0. The molecule has 2 fully saturated rings. The van der Waals surface area contributed by atoms with Crippen molar-refractivity contribution in [3.05, 3.63) is 125 Å². The number of hydrogen-bond acceptors (Lipinski definition) is 7. The van der Waals surface area contributed by atoms with Crippen LogP contribution in [0.1, 0.15) is 56.7 Å². The SMILES string of the molecule is O=C1c2ccccc2C(=O)N1CC(=O)N(Cc1cccnc1)[C@]1(C(=O)Nc2ccc(N3CCOCC3)cc2)CC[C@H]2Cc3ccccc3C[C@@H]2C1. The number of amides is 4. The maximum absolute atomic E-state index is 15.0. The number of hydrogen-bond donors (Lipinski definition) is 1. The first kappa shape index (κ1) is 32.8. The van der Waals surface area contributed by atoms with Crippen LogP contribution in [0.25, 0.3) is 0 Å². The first-order valence-electron chi connectivity index (χ1n) is 17.9. The number of ether oxygens (including phenoxy) is 1. The molecule has 3 heterocycles. The Balaban J connectivity index is 1.14. The molecule has 4 aromatic rings. The number of fused-ring (bicyclic) bond motifs is 3. The number of imide groups is 1. The molecule has 10 heteroatoms. The molecular formula is C41H41N5O5. The molecule has 0 radical (unpaired) electrons. The molecular weight excluding hydrogens is 642 g/mol. The Morgan fingerprint density at radius 1 is 0.843 bits per heavy atom. The van der Waals surface area contributed by atoms with Gasteiger partial charge in [-0.3, -0.25) is 29.1 Å². The van der Waals surface area contributed by atoms with Crippen LogP contribution < -0.4 is 10.2 Å². The zero-order valence-corrected chi connectivity index (χ0v) is 28.5. The molecule has 2 aliphatic carbocycles. The van der Waals surface area contributed by atoms with Gasteiger partial charge in [0, 0.05) is 43.4 Å². The Morgan fingerprint density at radius 2 is 1.51 bits per heavy atom. The Hall–Kier alpha value is -5.35. The molecule has 10 nitrogen and oxygen atoms in total. The van der Waals surface area contributed by atoms with Gasteiger partial charge < -0.3 is 19.9 Å². The van der Waals surface area contributed by atoms with Crippen LogP contribution in [0, 0.1) is 11.8 Å². The van der Waals surface area contributed by atoms with Crippen molar-refractivity contribution in [3.8, 4) is 0 Å². The number of aromatic nitrogens is 1. The molecule has 1 saturated heterocycles. The van der Waals surface area contributed by atoms with Crippen LogP contribution in [0.4, 0.5) is 11.4 Å². The molecule has 3 atom stereocenters. The molecule has 51 heavy (non-hydrogen) atoms. The standard InChI is InChI=1S/C41H41N5O5/c47-37(27-45-38(48)35-9-3-4-10-36(35)39(45)49)46(26-28-6-5-17-42-25-28)41(16-15-31-22-29-7-1-2-8-30(29)23-32(31)24-41)40(50)43-33-11-13-34(14-12-33)44-18-20-51-21-19-44/h1-14,17,25,31-32H,15-16,18-24,26-27H2,(H,43,50)/t31-,32+,41+/m0/s1. The van der Waals surface area contributed by atoms with E-state index in [4.69, 9.17) is 4.74 Å². The van der Waals surface area contributed by atoms with E-state index in [1.807, 2.05) is 30.3 Å². The second kappa shape index (κ2) is 13.8. The average Bonchev–Trinajstić information content (AvgIpc) is 3.41. The molecule has 2 aliphatic heterocycles. The highest BCUT2D eigenvalue weighted by Gasteiger charge is 2.53. The molecule has 3 aromatic carbocycles. The predicted molar refractivity (Wildman–Crippen MR) is 192 cm³/mol. The van der Waals surface area contributed by atoms with Crippen molar-refractivity contribution in [2.24, 2.45) is 11.8 Å². The van der Waals surface area contributed by atoms with Gasteiger partial charge in [-0.15, -0.1) is 0 Å². The summed E-state index contributed by atoms with van der Waals surface area (Å²) in [6.07, 6.45) is 6.78. The highest BCUT2D eigenvalue weighted by Crippen LogP contribution is 2.47. The molecule has 4 aliphatic rings. The van der Waals surface area contributed by atoms with Gasteiger partial charge in [-0.05, 0) is 103 Å². The lowest BCUT2D eigenvalue weighted by atomic mass is 9.62. The third-order valence-corrected chi connectivity index (χ3v) is 11.3. The van der Waals surface area contributed by atoms with Crippen molar-refractivity contribution in [1.29, 1.82) is 0 Å². The van der Waals surface area contributed by atoms with E-state index in [0.29, 0.717) is 37.7 Å². The van der Waals surface area contributed by atoms with Crippen molar-refractivity contribution in [1.82, 2.24) is 14.8 Å². The van der Waals surface area contributed by atoms with E-state index in [0.717, 1.165) is 48.5 Å². The summed E-state index contributed by atoms with van der Waals surface area (Å²) in [4.78, 5) is 65.8. The number of nitrogens with zero attached hydrogens (tertiary/aromatic N) is 4. The van der Waals surface area contributed by atoms with Crippen molar-refractivity contribution >= 4 is 35.0 Å². The number of carbonyl (C=O) groups is 4. The van der Waals surface area contributed by atoms with E-state index in [2.05, 4.69) is 39.5 Å². The summed E-state index contributed by atoms with van der Waals surface area (Å²) in [7, 11) is 0. The lowest BCUT2D eigenvalue weighted by Crippen LogP contribution is -2.63. The monoisotopic (exact) mass is 683 g/mol. The predicted octanol–water partition coefficient (Wildman–Crippen LogP) is 5.14. The van der Waals surface area contributed by atoms with E-state index < -0.39 is 29.8 Å². The Bertz CT molecular complexity index is 1930. The van der Waals surface area contributed by atoms with Crippen LogP contribution in [0.15, 0.2) is 97.3 Å². The lowest BCUT2D eigenvalue weighted by Gasteiger charge is -2.51. The van der Waals surface area contributed by atoms with E-state index in [9.17, 15) is 19.2 Å². The number of rotatable bonds is 8. The largest absolute Gasteiger partial charge is 0.378 e. The molecule has 8 rings (SSSR count). The van der Waals surface area contributed by atoms with Gasteiger partial charge in [0.15, 0.2) is 0 Å². The minimum Gasteiger partial charge on any atom is -0.378 e. The van der Waals surface area contributed by atoms with Crippen LogP contribution in [-0.2, 0) is 33.7 Å². The highest BCUT2D eigenvalue weighted by atomic mass is 16.5. The van der Waals surface area contributed by atoms with Crippen molar-refractivity contribution in [3.63, 3.8) is 0 Å². The fraction of sp³-hybridized carbons (Fsp3) is 0.341. The second-order valence-electron chi connectivity index (χ2n) is 14.2. The summed E-state index contributed by atoms with van der Waals surface area (Å²) in [5.74, 6) is -1.19. The van der Waals surface area contributed by atoms with Gasteiger partial charge >= 0.3 is 0 Å². The van der Waals surface area contributed by atoms with Gasteiger partial charge in [0.1, 0.15) is 12.1 Å². The normalized spacial score (nSPS) is 22.5. The van der Waals surface area contributed by atoms with E-state index in [1.54, 1.807) is 47.6 Å². The highest BCUT2D eigenvalue weighted by molar-refractivity contribution is 6.22. The van der Waals surface area contributed by atoms with Gasteiger partial charge in [-0.2, -0.15) is 0 Å². The van der Waals surface area contributed by atoms with E-state index >= 15 is 0 Å². The van der Waals surface area contributed by atoms with Gasteiger partial charge in [-0.25, -0.2) is 0 Å². The fourth-order valence-electron chi connectivity index (χ4n) is 8.54. The molecule has 0 spiro atoms. The summed E-state index contributed by atoms with van der Waals surface area (Å²) in [5.41, 5.74) is 4.40. The van der Waals surface area contributed by atoms with Gasteiger partial charge in [0.25, 0.3) is 11.8 Å². The van der Waals surface area contributed by atoms with Crippen LogP contribution >= 0.6 is 0 Å². The molecule has 4 amide bonds. The fourth-order valence-corrected chi connectivity index (χ4v) is 8.54. The van der Waals surface area contributed by atoms with Crippen LogP contribution in [0.2, 0.25) is 0 Å². The molecule has 0 unspecified atom stereocenters. The molecule has 260 valence electrons. The van der Waals surface area contributed by atoms with E-state index in [-0.39, 0.29) is 29.5 Å². The first-order chi connectivity index (χ1) is 24.9. The third-order valence-electron chi connectivity index (χ3n) is 11.3. The molecule has 1 saturated carbocycles. The zero-order chi connectivity index (χ0) is 35.0. The number of carbonyl (C=O) groups excluding carboxylic acids is 4. The number of pyridine rings is 1. The van der Waals surface area contributed by atoms with Crippen molar-refractivity contribution in [2.45, 2.75) is 44.2 Å². The zero-order valence-electron chi connectivity index (χ0n) is 28.5. The summed E-state index contributed by atoms with van der Waals surface area (Å²) in [6, 6.07) is 26.6. The van der Waals surface area contributed by atoms with Gasteiger partial charge in [-0.1, -0.05) is 42.5 Å². The number of anilines is 2. The topological polar surface area (TPSA) is 112 Å². The summed E-state index contributed by atoms with van der Waals surface area (Å²) in [6.45, 7) is 2.60. The van der Waals surface area contributed by atoms with Crippen LogP contribution in [-0.4, -0.2) is 76.8 Å². The first-order valence-corrected chi connectivity index (χ1v) is 17.9. The lowest BCUT2D eigenvalue weighted by molar-refractivity contribution is -0.151. The summed E-state index contributed by atoms with van der Waals surface area (Å²) < 4.78 is 5.51. The molecule has 1 aromatic heterocycles. The number of morpholine rings is 1. The molecule has 0 bridgehead atoms. The third kappa shape index (κ3) is 6.29. The summed E-state index contributed by atoms with van der Waals surface area (Å²) in [5, 5.41) is 3.20. The second-order valence-corrected chi connectivity index (χ2v) is 14.2. The van der Waals surface area contributed by atoms with E-state index in [1.165, 1.54) is 11.1 Å². The summed E-state index contributed by atoms with van der Waals surface area (Å²) >= 11 is 0. The smallest absolute Gasteiger partial charge is 0.262 e. The van der Waals surface area contributed by atoms with Crippen molar-refractivity contribution < 1.29 is 23.9 Å². The maximum Gasteiger partial charge on any atom is 0.262 e. The molecule has 1 N–H and O–H groups in total. The van der Waals surface area contributed by atoms with Gasteiger partial charge in [0.05, 0.1) is 24.3 Å². The Labute approximate surface area is 297 Å². The van der Waals surface area contributed by atoms with Gasteiger partial charge in [0.2, 0.25) is 11.8 Å². The van der Waals surface area contributed by atoms with Crippen LogP contribution in [0.5, 0.6) is 0 Å². The minimum absolute atomic E-state index is 0.104. The van der Waals surface area contributed by atoms with Crippen molar-refractivity contribution in [2.75, 3.05) is 43.1 Å². The van der Waals surface area contributed by atoms with Crippen LogP contribution in [0.3, 0.4) is 0 Å². The quantitative estimate of drug-likeness (QED) is 0.256. The number of nitrogens with one attached hydrogen (secondary N) is 1.